The normalized spacial score (nSPS) is 12.5. The molecule has 0 unspecified atom stereocenters. The first-order valence-corrected chi connectivity index (χ1v) is 10.9. The number of benzene rings is 2. The molecule has 0 aliphatic carbocycles. The molecule has 31 heavy (non-hydrogen) atoms. The fraction of sp³-hybridized carbons (Fsp3) is 0.400. The van der Waals surface area contributed by atoms with Gasteiger partial charge in [0.2, 0.25) is 5.88 Å². The van der Waals surface area contributed by atoms with Crippen molar-refractivity contribution in [3.8, 4) is 17.3 Å². The van der Waals surface area contributed by atoms with E-state index < -0.39 is 0 Å². The van der Waals surface area contributed by atoms with Crippen molar-refractivity contribution in [2.45, 2.75) is 59.2 Å². The van der Waals surface area contributed by atoms with Crippen molar-refractivity contribution in [2.24, 2.45) is 0 Å². The van der Waals surface area contributed by atoms with Crippen LogP contribution in [-0.2, 0) is 6.54 Å². The number of para-hydroxylation sites is 1. The highest BCUT2D eigenvalue weighted by molar-refractivity contribution is 5.43. The number of halogens is 1. The number of ether oxygens (including phenoxy) is 1. The van der Waals surface area contributed by atoms with E-state index in [4.69, 9.17) is 9.84 Å². The second kappa shape index (κ2) is 10.6. The molecule has 0 aliphatic heterocycles. The number of hydrogen-bond donors (Lipinski definition) is 1. The number of hydrogen-bond acceptors (Lipinski definition) is 4. The van der Waals surface area contributed by atoms with E-state index in [0.717, 1.165) is 29.8 Å². The average Bonchev–Trinajstić information content (AvgIpc) is 3.03. The van der Waals surface area contributed by atoms with Gasteiger partial charge in [-0.3, -0.25) is 4.90 Å². The number of aromatic nitrogens is 2. The van der Waals surface area contributed by atoms with Gasteiger partial charge in [-0.1, -0.05) is 37.6 Å². The van der Waals surface area contributed by atoms with Gasteiger partial charge in [0.05, 0.1) is 23.0 Å². The van der Waals surface area contributed by atoms with Gasteiger partial charge in [0.25, 0.3) is 0 Å². The molecule has 1 aromatic heterocycles. The lowest BCUT2D eigenvalue weighted by molar-refractivity contribution is 0.0837. The third-order valence-electron chi connectivity index (χ3n) is 5.31. The first-order valence-electron chi connectivity index (χ1n) is 10.9. The Kier molecular flexibility index (Phi) is 7.82. The zero-order chi connectivity index (χ0) is 22.4. The maximum atomic E-state index is 13.8. The van der Waals surface area contributed by atoms with Crippen LogP contribution in [0.15, 0.2) is 54.6 Å². The predicted molar refractivity (Wildman–Crippen MR) is 121 cm³/mol. The molecule has 1 N–H and O–H groups in total. The van der Waals surface area contributed by atoms with Gasteiger partial charge in [-0.05, 0) is 51.5 Å². The maximum absolute atomic E-state index is 13.8. The van der Waals surface area contributed by atoms with Gasteiger partial charge in [-0.25, -0.2) is 9.07 Å². The third-order valence-corrected chi connectivity index (χ3v) is 5.31. The predicted octanol–water partition coefficient (Wildman–Crippen LogP) is 5.48. The van der Waals surface area contributed by atoms with E-state index in [1.807, 2.05) is 37.3 Å². The lowest BCUT2D eigenvalue weighted by Gasteiger charge is -2.29. The average molecular weight is 426 g/mol. The second-order valence-corrected chi connectivity index (χ2v) is 8.14. The number of aliphatic hydroxyl groups is 1. The Balaban J connectivity index is 2.01. The highest BCUT2D eigenvalue weighted by Crippen LogP contribution is 2.32. The first-order chi connectivity index (χ1) is 14.9. The molecule has 3 aromatic rings. The third kappa shape index (κ3) is 5.93. The van der Waals surface area contributed by atoms with Crippen LogP contribution < -0.4 is 4.74 Å². The van der Waals surface area contributed by atoms with Gasteiger partial charge in [0.15, 0.2) is 0 Å². The molecule has 1 heterocycles. The molecule has 0 bridgehead atoms. The summed E-state index contributed by atoms with van der Waals surface area (Å²) >= 11 is 0. The Hall–Kier alpha value is -2.70. The monoisotopic (exact) mass is 425 g/mol. The summed E-state index contributed by atoms with van der Waals surface area (Å²) in [4.78, 5) is 2.22. The molecule has 0 radical (unpaired) electrons. The van der Waals surface area contributed by atoms with Crippen molar-refractivity contribution < 1.29 is 14.2 Å². The Bertz CT molecular complexity index is 972. The van der Waals surface area contributed by atoms with Crippen LogP contribution in [0.2, 0.25) is 0 Å². The molecule has 2 aromatic carbocycles. The Morgan fingerprint density at radius 1 is 1.13 bits per heavy atom. The van der Waals surface area contributed by atoms with Gasteiger partial charge >= 0.3 is 0 Å². The van der Waals surface area contributed by atoms with Crippen molar-refractivity contribution in [2.75, 3.05) is 6.54 Å². The van der Waals surface area contributed by atoms with E-state index in [0.29, 0.717) is 24.7 Å². The van der Waals surface area contributed by atoms with Crippen LogP contribution >= 0.6 is 0 Å². The largest absolute Gasteiger partial charge is 0.438 e. The Morgan fingerprint density at radius 3 is 2.52 bits per heavy atom. The molecule has 1 atom stereocenters. The summed E-state index contributed by atoms with van der Waals surface area (Å²) < 4.78 is 21.8. The van der Waals surface area contributed by atoms with Crippen molar-refractivity contribution in [3.05, 3.63) is 71.7 Å². The summed E-state index contributed by atoms with van der Waals surface area (Å²) in [6.45, 7) is 9.39. The minimum absolute atomic E-state index is 0.230. The minimum Gasteiger partial charge on any atom is -0.438 e. The van der Waals surface area contributed by atoms with Gasteiger partial charge in [-0.15, -0.1) is 0 Å². The minimum atomic E-state index is -0.385. The molecule has 0 saturated heterocycles. The van der Waals surface area contributed by atoms with E-state index in [-0.39, 0.29) is 18.0 Å². The second-order valence-electron chi connectivity index (χ2n) is 8.14. The van der Waals surface area contributed by atoms with E-state index >= 15 is 0 Å². The van der Waals surface area contributed by atoms with Crippen LogP contribution in [0.25, 0.3) is 5.69 Å². The molecule has 166 valence electrons. The van der Waals surface area contributed by atoms with E-state index in [1.165, 1.54) is 12.1 Å². The highest BCUT2D eigenvalue weighted by Gasteiger charge is 2.23. The van der Waals surface area contributed by atoms with Crippen LogP contribution in [0, 0.1) is 12.7 Å². The van der Waals surface area contributed by atoms with Gasteiger partial charge in [0.1, 0.15) is 11.6 Å². The lowest BCUT2D eigenvalue weighted by Crippen LogP contribution is -2.37. The SMILES string of the molecule is CCC[C@@H](O)CN(Cc1c(C)nn(-c2ccccc2)c1Oc1cccc(F)c1)C(C)C. The summed E-state index contributed by atoms with van der Waals surface area (Å²) in [6, 6.07) is 16.1. The molecule has 0 aliphatic rings. The Labute approximate surface area is 184 Å². The quantitative estimate of drug-likeness (QED) is 0.467. The van der Waals surface area contributed by atoms with Gasteiger partial charge in [-0.2, -0.15) is 5.10 Å². The molecular formula is C25H32FN3O2. The number of aliphatic hydroxyl groups excluding tert-OH is 1. The number of rotatable bonds is 10. The summed E-state index contributed by atoms with van der Waals surface area (Å²) in [5.74, 6) is 0.624. The zero-order valence-corrected chi connectivity index (χ0v) is 18.8. The fourth-order valence-electron chi connectivity index (χ4n) is 3.57. The summed E-state index contributed by atoms with van der Waals surface area (Å²) in [7, 11) is 0. The van der Waals surface area contributed by atoms with Crippen molar-refractivity contribution in [1.29, 1.82) is 0 Å². The van der Waals surface area contributed by atoms with Crippen molar-refractivity contribution >= 4 is 0 Å². The van der Waals surface area contributed by atoms with E-state index in [1.54, 1.807) is 16.8 Å². The summed E-state index contributed by atoms with van der Waals surface area (Å²) in [5, 5.41) is 15.1. The molecular weight excluding hydrogens is 393 g/mol. The molecule has 3 rings (SSSR count). The molecule has 0 amide bonds. The summed E-state index contributed by atoms with van der Waals surface area (Å²) in [6.07, 6.45) is 1.31. The Morgan fingerprint density at radius 2 is 1.87 bits per heavy atom. The molecule has 0 saturated carbocycles. The molecule has 0 fully saturated rings. The van der Waals surface area contributed by atoms with Gasteiger partial charge < -0.3 is 9.84 Å². The fourth-order valence-corrected chi connectivity index (χ4v) is 3.57. The zero-order valence-electron chi connectivity index (χ0n) is 18.8. The standard InChI is InChI=1S/C25H32FN3O2/c1-5-10-22(30)16-28(18(2)3)17-24-19(4)27-29(21-12-7-6-8-13-21)25(24)31-23-14-9-11-20(26)15-23/h6-9,11-15,18,22,30H,5,10,16-17H2,1-4H3/t22-/m1/s1. The molecule has 5 nitrogen and oxygen atoms in total. The van der Waals surface area contributed by atoms with Crippen LogP contribution in [0.5, 0.6) is 11.6 Å². The van der Waals surface area contributed by atoms with Crippen LogP contribution in [0.3, 0.4) is 0 Å². The van der Waals surface area contributed by atoms with Crippen molar-refractivity contribution in [1.82, 2.24) is 14.7 Å². The van der Waals surface area contributed by atoms with Crippen molar-refractivity contribution in [3.63, 3.8) is 0 Å². The smallest absolute Gasteiger partial charge is 0.227 e. The first kappa shape index (κ1) is 23.0. The van der Waals surface area contributed by atoms with Gasteiger partial charge in [0, 0.05) is 25.2 Å². The molecule has 0 spiro atoms. The summed E-state index contributed by atoms with van der Waals surface area (Å²) in [5.41, 5.74) is 2.63. The lowest BCUT2D eigenvalue weighted by atomic mass is 10.1. The maximum Gasteiger partial charge on any atom is 0.227 e. The van der Waals surface area contributed by atoms with Crippen LogP contribution in [0.4, 0.5) is 4.39 Å². The number of nitrogens with zero attached hydrogens (tertiary/aromatic N) is 3. The van der Waals surface area contributed by atoms with Crippen LogP contribution in [0.1, 0.15) is 44.9 Å². The number of aryl methyl sites for hydroxylation is 1. The molecule has 6 heteroatoms. The topological polar surface area (TPSA) is 50.5 Å². The van der Waals surface area contributed by atoms with E-state index in [2.05, 4.69) is 25.7 Å². The van der Waals surface area contributed by atoms with E-state index in [9.17, 15) is 9.50 Å². The van der Waals surface area contributed by atoms with Crippen LogP contribution in [-0.4, -0.2) is 38.5 Å². The highest BCUT2D eigenvalue weighted by atomic mass is 19.1.